The van der Waals surface area contributed by atoms with Crippen LogP contribution in [-0.2, 0) is 6.42 Å². The van der Waals surface area contributed by atoms with Crippen LogP contribution in [0.25, 0.3) is 11.3 Å². The van der Waals surface area contributed by atoms with Crippen molar-refractivity contribution in [2.75, 3.05) is 7.11 Å². The molecule has 0 atom stereocenters. The first kappa shape index (κ1) is 14.2. The van der Waals surface area contributed by atoms with Crippen molar-refractivity contribution < 1.29 is 4.74 Å². The van der Waals surface area contributed by atoms with E-state index in [-0.39, 0.29) is 0 Å². The van der Waals surface area contributed by atoms with E-state index in [1.165, 1.54) is 4.88 Å². The number of rotatable bonds is 4. The third-order valence-corrected chi connectivity index (χ3v) is 5.11. The van der Waals surface area contributed by atoms with Crippen molar-refractivity contribution in [1.82, 2.24) is 9.97 Å². The second-order valence-electron chi connectivity index (χ2n) is 4.80. The molecule has 0 aliphatic carbocycles. The Hall–Kier alpha value is -1.72. The highest BCUT2D eigenvalue weighted by atomic mass is 32.1. The van der Waals surface area contributed by atoms with Gasteiger partial charge in [-0.3, -0.25) is 0 Å². The number of nitrogens with zero attached hydrogens (tertiary/aromatic N) is 2. The number of hydrogen-bond donors (Lipinski definition) is 0. The summed E-state index contributed by atoms with van der Waals surface area (Å²) in [5.74, 6) is 0.866. The SMILES string of the molecule is COc1ccc(-c2nc(Cc3nc(C)cs3)sc2C)cc1. The molecule has 0 bridgehead atoms. The quantitative estimate of drug-likeness (QED) is 0.711. The van der Waals surface area contributed by atoms with Gasteiger partial charge in [-0.05, 0) is 38.1 Å². The van der Waals surface area contributed by atoms with Gasteiger partial charge in [0, 0.05) is 21.5 Å². The number of aromatic nitrogens is 2. The predicted octanol–water partition coefficient (Wildman–Crippen LogP) is 4.48. The van der Waals surface area contributed by atoms with Gasteiger partial charge in [0.15, 0.2) is 0 Å². The molecule has 0 saturated carbocycles. The van der Waals surface area contributed by atoms with Crippen molar-refractivity contribution in [3.05, 3.63) is 50.2 Å². The normalized spacial score (nSPS) is 10.8. The van der Waals surface area contributed by atoms with Crippen LogP contribution in [0.1, 0.15) is 20.6 Å². The number of methoxy groups -OCH3 is 1. The zero-order valence-corrected chi connectivity index (χ0v) is 13.8. The molecule has 0 spiro atoms. The smallest absolute Gasteiger partial charge is 0.118 e. The van der Waals surface area contributed by atoms with Crippen molar-refractivity contribution >= 4 is 22.7 Å². The van der Waals surface area contributed by atoms with Gasteiger partial charge in [-0.15, -0.1) is 22.7 Å². The molecule has 0 saturated heterocycles. The first-order chi connectivity index (χ1) is 10.2. The zero-order valence-electron chi connectivity index (χ0n) is 12.2. The summed E-state index contributed by atoms with van der Waals surface area (Å²) in [4.78, 5) is 10.5. The lowest BCUT2D eigenvalue weighted by atomic mass is 10.1. The summed E-state index contributed by atoms with van der Waals surface area (Å²) in [6, 6.07) is 8.05. The molecule has 5 heteroatoms. The molecule has 0 aliphatic heterocycles. The summed E-state index contributed by atoms with van der Waals surface area (Å²) < 4.78 is 5.20. The molecule has 0 unspecified atom stereocenters. The van der Waals surface area contributed by atoms with Gasteiger partial charge in [0.1, 0.15) is 10.8 Å². The Bertz CT molecular complexity index is 744. The largest absolute Gasteiger partial charge is 0.497 e. The minimum atomic E-state index is 0.820. The molecule has 0 radical (unpaired) electrons. The van der Waals surface area contributed by atoms with Gasteiger partial charge in [-0.2, -0.15) is 0 Å². The van der Waals surface area contributed by atoms with Crippen LogP contribution >= 0.6 is 22.7 Å². The third-order valence-electron chi connectivity index (χ3n) is 3.17. The van der Waals surface area contributed by atoms with Gasteiger partial charge in [0.05, 0.1) is 24.2 Å². The second kappa shape index (κ2) is 5.95. The lowest BCUT2D eigenvalue weighted by molar-refractivity contribution is 0.415. The van der Waals surface area contributed by atoms with E-state index < -0.39 is 0 Å². The topological polar surface area (TPSA) is 35.0 Å². The van der Waals surface area contributed by atoms with Gasteiger partial charge >= 0.3 is 0 Å². The summed E-state index contributed by atoms with van der Waals surface area (Å²) in [5.41, 5.74) is 3.27. The Morgan fingerprint density at radius 1 is 1.05 bits per heavy atom. The maximum Gasteiger partial charge on any atom is 0.118 e. The van der Waals surface area contributed by atoms with Crippen LogP contribution in [0.15, 0.2) is 29.6 Å². The molecule has 21 heavy (non-hydrogen) atoms. The second-order valence-corrected chi connectivity index (χ2v) is 7.03. The predicted molar refractivity (Wildman–Crippen MR) is 88.5 cm³/mol. The van der Waals surface area contributed by atoms with Crippen LogP contribution in [-0.4, -0.2) is 17.1 Å². The summed E-state index contributed by atoms with van der Waals surface area (Å²) in [5, 5.41) is 4.33. The maximum absolute atomic E-state index is 5.20. The van der Waals surface area contributed by atoms with Crippen molar-refractivity contribution in [1.29, 1.82) is 0 Å². The first-order valence-electron chi connectivity index (χ1n) is 6.67. The molecular weight excluding hydrogens is 300 g/mol. The van der Waals surface area contributed by atoms with E-state index in [4.69, 9.17) is 9.72 Å². The van der Waals surface area contributed by atoms with Crippen LogP contribution < -0.4 is 4.74 Å². The van der Waals surface area contributed by atoms with Crippen molar-refractivity contribution in [2.24, 2.45) is 0 Å². The van der Waals surface area contributed by atoms with Gasteiger partial charge in [-0.25, -0.2) is 9.97 Å². The average molecular weight is 316 g/mol. The number of benzene rings is 1. The molecule has 2 heterocycles. The number of hydrogen-bond acceptors (Lipinski definition) is 5. The fourth-order valence-electron chi connectivity index (χ4n) is 2.16. The Balaban J connectivity index is 1.86. The highest BCUT2D eigenvalue weighted by Gasteiger charge is 2.11. The fraction of sp³-hybridized carbons (Fsp3) is 0.250. The lowest BCUT2D eigenvalue weighted by Crippen LogP contribution is -1.87. The molecule has 0 amide bonds. The fourth-order valence-corrected chi connectivity index (χ4v) is 3.98. The molecule has 3 nitrogen and oxygen atoms in total. The molecular formula is C16H16N2OS2. The molecule has 108 valence electrons. The highest BCUT2D eigenvalue weighted by Crippen LogP contribution is 2.30. The maximum atomic E-state index is 5.20. The summed E-state index contributed by atoms with van der Waals surface area (Å²) in [6.07, 6.45) is 0.820. The minimum absolute atomic E-state index is 0.820. The monoisotopic (exact) mass is 316 g/mol. The van der Waals surface area contributed by atoms with Crippen molar-refractivity contribution in [3.8, 4) is 17.0 Å². The Morgan fingerprint density at radius 2 is 1.81 bits per heavy atom. The van der Waals surface area contributed by atoms with E-state index in [0.717, 1.165) is 39.1 Å². The van der Waals surface area contributed by atoms with E-state index in [9.17, 15) is 0 Å². The first-order valence-corrected chi connectivity index (χ1v) is 8.37. The highest BCUT2D eigenvalue weighted by molar-refractivity contribution is 7.12. The molecule has 1 aromatic carbocycles. The van der Waals surface area contributed by atoms with Gasteiger partial charge in [0.2, 0.25) is 0 Å². The molecule has 3 rings (SSSR count). The van der Waals surface area contributed by atoms with Crippen LogP contribution in [0.5, 0.6) is 5.75 Å². The molecule has 0 aliphatic rings. The minimum Gasteiger partial charge on any atom is -0.497 e. The molecule has 0 fully saturated rings. The van der Waals surface area contributed by atoms with E-state index >= 15 is 0 Å². The van der Waals surface area contributed by atoms with E-state index in [1.54, 1.807) is 29.8 Å². The molecule has 3 aromatic rings. The van der Waals surface area contributed by atoms with Gasteiger partial charge in [0.25, 0.3) is 0 Å². The van der Waals surface area contributed by atoms with Crippen molar-refractivity contribution in [3.63, 3.8) is 0 Å². The third kappa shape index (κ3) is 3.14. The molecule has 0 N–H and O–H groups in total. The van der Waals surface area contributed by atoms with Gasteiger partial charge in [-0.1, -0.05) is 0 Å². The van der Waals surface area contributed by atoms with E-state index in [1.807, 2.05) is 19.1 Å². The summed E-state index contributed by atoms with van der Waals surface area (Å²) in [6.45, 7) is 4.14. The Morgan fingerprint density at radius 3 is 2.43 bits per heavy atom. The van der Waals surface area contributed by atoms with Crippen molar-refractivity contribution in [2.45, 2.75) is 20.3 Å². The number of thiazole rings is 2. The molecule has 2 aromatic heterocycles. The Kier molecular flexibility index (Phi) is 4.03. The number of ether oxygens (including phenoxy) is 1. The zero-order chi connectivity index (χ0) is 14.8. The van der Waals surface area contributed by atoms with Gasteiger partial charge < -0.3 is 4.74 Å². The standard InChI is InChI=1S/C16H16N2OS2/c1-10-9-20-14(17-10)8-15-18-16(11(2)21-15)12-4-6-13(19-3)7-5-12/h4-7,9H,8H2,1-3H3. The van der Waals surface area contributed by atoms with Crippen LogP contribution in [0.4, 0.5) is 0 Å². The lowest BCUT2D eigenvalue weighted by Gasteiger charge is -2.01. The van der Waals surface area contributed by atoms with Crippen LogP contribution in [0.2, 0.25) is 0 Å². The summed E-state index contributed by atoms with van der Waals surface area (Å²) >= 11 is 3.45. The van der Waals surface area contributed by atoms with E-state index in [2.05, 4.69) is 29.4 Å². The van der Waals surface area contributed by atoms with Crippen LogP contribution in [0.3, 0.4) is 0 Å². The number of aryl methyl sites for hydroxylation is 2. The van der Waals surface area contributed by atoms with E-state index in [0.29, 0.717) is 0 Å². The van der Waals surface area contributed by atoms with Crippen LogP contribution in [0, 0.1) is 13.8 Å². The Labute approximate surface area is 132 Å². The average Bonchev–Trinajstić information content (AvgIpc) is 3.05. The summed E-state index contributed by atoms with van der Waals surface area (Å²) in [7, 11) is 1.68.